The summed E-state index contributed by atoms with van der Waals surface area (Å²) < 4.78 is 2.79. The van der Waals surface area contributed by atoms with E-state index in [-0.39, 0.29) is 11.8 Å². The van der Waals surface area contributed by atoms with Gasteiger partial charge in [-0.2, -0.15) is 0 Å². The molecule has 1 aliphatic rings. The number of carbonyl (C=O) groups excluding carboxylic acids is 1. The Morgan fingerprint density at radius 2 is 2.13 bits per heavy atom. The molecular weight excluding hydrogens is 254 g/mol. The lowest BCUT2D eigenvalue weighted by atomic mass is 10.2. The number of halogens is 1. The normalized spacial score (nSPS) is 15.8. The highest BCUT2D eigenvalue weighted by molar-refractivity contribution is 9.10. The van der Waals surface area contributed by atoms with Crippen LogP contribution in [0.3, 0.4) is 0 Å². The molecule has 0 bridgehead atoms. The summed E-state index contributed by atoms with van der Waals surface area (Å²) >= 11 is 3.43. The average Bonchev–Trinajstić information content (AvgIpc) is 2.98. The molecule has 0 saturated heterocycles. The van der Waals surface area contributed by atoms with Gasteiger partial charge in [0.1, 0.15) is 0 Å². The second kappa shape index (κ2) is 3.20. The van der Waals surface area contributed by atoms with Crippen LogP contribution in [-0.2, 0) is 0 Å². The number of benzene rings is 1. The Morgan fingerprint density at radius 1 is 1.33 bits per heavy atom. The van der Waals surface area contributed by atoms with Crippen molar-refractivity contribution >= 4 is 32.7 Å². The van der Waals surface area contributed by atoms with Gasteiger partial charge < -0.3 is 0 Å². The molecule has 1 heterocycles. The first-order valence-corrected chi connectivity index (χ1v) is 5.86. The van der Waals surface area contributed by atoms with Gasteiger partial charge in [0, 0.05) is 22.0 Å². The molecule has 1 saturated carbocycles. The second-order valence-corrected chi connectivity index (χ2v) is 4.92. The average molecular weight is 264 g/mol. The van der Waals surface area contributed by atoms with Gasteiger partial charge in [0.05, 0.1) is 5.52 Å². The van der Waals surface area contributed by atoms with E-state index in [0.717, 1.165) is 28.2 Å². The Bertz CT molecular complexity index is 540. The number of nitrogens with zero attached hydrogens (tertiary/aromatic N) is 1. The van der Waals surface area contributed by atoms with Crippen molar-refractivity contribution < 1.29 is 4.79 Å². The first kappa shape index (κ1) is 9.16. The molecule has 1 fully saturated rings. The minimum atomic E-state index is 0.239. The molecule has 0 amide bonds. The van der Waals surface area contributed by atoms with Crippen LogP contribution in [0.25, 0.3) is 10.9 Å². The predicted molar refractivity (Wildman–Crippen MR) is 63.0 cm³/mol. The van der Waals surface area contributed by atoms with Crippen molar-refractivity contribution in [1.82, 2.24) is 4.57 Å². The van der Waals surface area contributed by atoms with E-state index in [1.807, 2.05) is 30.5 Å². The highest BCUT2D eigenvalue weighted by Gasteiger charge is 2.31. The maximum Gasteiger partial charge on any atom is 0.234 e. The Hall–Kier alpha value is -1.09. The van der Waals surface area contributed by atoms with Gasteiger partial charge in [-0.1, -0.05) is 22.0 Å². The zero-order valence-corrected chi connectivity index (χ0v) is 9.70. The third kappa shape index (κ3) is 1.51. The molecule has 2 aromatic rings. The smallest absolute Gasteiger partial charge is 0.234 e. The van der Waals surface area contributed by atoms with Crippen molar-refractivity contribution in [2.75, 3.05) is 0 Å². The highest BCUT2D eigenvalue weighted by atomic mass is 79.9. The van der Waals surface area contributed by atoms with Crippen molar-refractivity contribution in [2.24, 2.45) is 5.92 Å². The van der Waals surface area contributed by atoms with Crippen molar-refractivity contribution in [1.29, 1.82) is 0 Å². The van der Waals surface area contributed by atoms with Crippen molar-refractivity contribution in [3.05, 3.63) is 34.9 Å². The first-order chi connectivity index (χ1) is 7.25. The number of hydrogen-bond acceptors (Lipinski definition) is 1. The van der Waals surface area contributed by atoms with E-state index in [0.29, 0.717) is 0 Å². The molecule has 15 heavy (non-hydrogen) atoms. The van der Waals surface area contributed by atoms with E-state index < -0.39 is 0 Å². The second-order valence-electron chi connectivity index (χ2n) is 4.00. The molecule has 0 atom stereocenters. The topological polar surface area (TPSA) is 22.0 Å². The van der Waals surface area contributed by atoms with Crippen LogP contribution in [0.1, 0.15) is 17.6 Å². The maximum absolute atomic E-state index is 11.9. The van der Waals surface area contributed by atoms with Gasteiger partial charge in [-0.25, -0.2) is 0 Å². The summed E-state index contributed by atoms with van der Waals surface area (Å²) in [6, 6.07) is 8.00. The number of hydrogen-bond donors (Lipinski definition) is 0. The van der Waals surface area contributed by atoms with E-state index in [2.05, 4.69) is 15.9 Å². The summed E-state index contributed by atoms with van der Waals surface area (Å²) in [7, 11) is 0. The molecule has 0 aliphatic heterocycles. The molecule has 0 radical (unpaired) electrons. The van der Waals surface area contributed by atoms with E-state index in [4.69, 9.17) is 0 Å². The predicted octanol–water partition coefficient (Wildman–Crippen LogP) is 3.45. The largest absolute Gasteiger partial charge is 0.287 e. The van der Waals surface area contributed by atoms with Crippen LogP contribution in [-0.4, -0.2) is 10.5 Å². The molecule has 1 aliphatic carbocycles. The van der Waals surface area contributed by atoms with Crippen LogP contribution in [0.2, 0.25) is 0 Å². The van der Waals surface area contributed by atoms with Crippen LogP contribution >= 0.6 is 15.9 Å². The molecule has 0 spiro atoms. The Balaban J connectivity index is 2.17. The molecule has 2 nitrogen and oxygen atoms in total. The maximum atomic E-state index is 11.9. The molecule has 1 aromatic heterocycles. The van der Waals surface area contributed by atoms with Gasteiger partial charge in [0.2, 0.25) is 5.91 Å². The summed E-state index contributed by atoms with van der Waals surface area (Å²) in [4.78, 5) is 11.9. The fourth-order valence-electron chi connectivity index (χ4n) is 1.82. The third-order valence-electron chi connectivity index (χ3n) is 2.82. The zero-order chi connectivity index (χ0) is 10.4. The van der Waals surface area contributed by atoms with Gasteiger partial charge in [0.15, 0.2) is 0 Å². The number of fused-ring (bicyclic) bond motifs is 1. The molecule has 3 heteroatoms. The van der Waals surface area contributed by atoms with Crippen molar-refractivity contribution in [3.8, 4) is 0 Å². The number of rotatable bonds is 1. The lowest BCUT2D eigenvalue weighted by Crippen LogP contribution is -2.10. The number of aromatic nitrogens is 1. The van der Waals surface area contributed by atoms with Gasteiger partial charge in [-0.05, 0) is 31.0 Å². The van der Waals surface area contributed by atoms with Gasteiger partial charge >= 0.3 is 0 Å². The summed E-state index contributed by atoms with van der Waals surface area (Å²) in [5.41, 5.74) is 1.00. The van der Waals surface area contributed by atoms with Gasteiger partial charge in [-0.3, -0.25) is 9.36 Å². The summed E-state index contributed by atoms with van der Waals surface area (Å²) in [6.45, 7) is 0. The van der Waals surface area contributed by atoms with Crippen molar-refractivity contribution in [2.45, 2.75) is 12.8 Å². The molecule has 3 rings (SSSR count). The van der Waals surface area contributed by atoms with E-state index >= 15 is 0 Å². The van der Waals surface area contributed by atoms with Crippen LogP contribution in [0, 0.1) is 5.92 Å². The molecule has 76 valence electrons. The van der Waals surface area contributed by atoms with Crippen LogP contribution in [0.5, 0.6) is 0 Å². The first-order valence-electron chi connectivity index (χ1n) is 5.06. The molecular formula is C12H10BrNO. The lowest BCUT2D eigenvalue weighted by Gasteiger charge is -2.02. The minimum absolute atomic E-state index is 0.239. The fraction of sp³-hybridized carbons (Fsp3) is 0.250. The quantitative estimate of drug-likeness (QED) is 0.773. The summed E-state index contributed by atoms with van der Waals surface area (Å²) in [5, 5.41) is 1.12. The van der Waals surface area contributed by atoms with E-state index in [9.17, 15) is 4.79 Å². The molecule has 0 unspecified atom stereocenters. The Labute approximate surface area is 96.0 Å². The standard InChI is InChI=1S/C12H10BrNO/c13-10-4-3-8-5-6-14(11(8)7-10)12(15)9-1-2-9/h3-7,9H,1-2H2. The Kier molecular flexibility index (Phi) is 1.96. The van der Waals surface area contributed by atoms with Crippen LogP contribution in [0.4, 0.5) is 0 Å². The van der Waals surface area contributed by atoms with Crippen molar-refractivity contribution in [3.63, 3.8) is 0 Å². The zero-order valence-electron chi connectivity index (χ0n) is 8.11. The Morgan fingerprint density at radius 3 is 2.87 bits per heavy atom. The van der Waals surface area contributed by atoms with Crippen LogP contribution < -0.4 is 0 Å². The fourth-order valence-corrected chi connectivity index (χ4v) is 2.17. The van der Waals surface area contributed by atoms with Gasteiger partial charge in [-0.15, -0.1) is 0 Å². The monoisotopic (exact) mass is 263 g/mol. The van der Waals surface area contributed by atoms with Crippen LogP contribution in [0.15, 0.2) is 34.9 Å². The highest BCUT2D eigenvalue weighted by Crippen LogP contribution is 2.32. The van der Waals surface area contributed by atoms with Gasteiger partial charge in [0.25, 0.3) is 0 Å². The molecule has 0 N–H and O–H groups in total. The summed E-state index contributed by atoms with van der Waals surface area (Å²) in [5.74, 6) is 0.502. The number of carbonyl (C=O) groups is 1. The summed E-state index contributed by atoms with van der Waals surface area (Å²) in [6.07, 6.45) is 3.97. The lowest BCUT2D eigenvalue weighted by molar-refractivity contribution is 0.0891. The third-order valence-corrected chi connectivity index (χ3v) is 3.31. The SMILES string of the molecule is O=C(C1CC1)n1ccc2ccc(Br)cc21. The minimum Gasteiger partial charge on any atom is -0.287 e. The van der Waals surface area contributed by atoms with E-state index in [1.54, 1.807) is 4.57 Å². The van der Waals surface area contributed by atoms with E-state index in [1.165, 1.54) is 0 Å². The molecule has 1 aromatic carbocycles.